The van der Waals surface area contributed by atoms with Crippen LogP contribution in [0.1, 0.15) is 53.4 Å². The summed E-state index contributed by atoms with van der Waals surface area (Å²) in [6.07, 6.45) is 3.35. The highest BCUT2D eigenvalue weighted by molar-refractivity contribution is 6.50. The van der Waals surface area contributed by atoms with E-state index >= 15 is 0 Å². The summed E-state index contributed by atoms with van der Waals surface area (Å²) in [6.45, 7) is 8.01. The molecule has 0 rings (SSSR count). The van der Waals surface area contributed by atoms with Crippen molar-refractivity contribution in [3.8, 4) is 0 Å². The van der Waals surface area contributed by atoms with Crippen molar-refractivity contribution in [2.45, 2.75) is 59.0 Å². The lowest BCUT2D eigenvalue weighted by molar-refractivity contribution is -0.139. The second-order valence-corrected chi connectivity index (χ2v) is 8.94. The molecule has 6 heteroatoms. The standard InChI is InChI=1S/C13H28O4Si2/c1-5-10(6-2)12(14)16-18-9-19-17-13(15)11(7-3)8-4/h10-11H,5-9,18-19H2,1-4H3. The summed E-state index contributed by atoms with van der Waals surface area (Å²) in [6, 6.07) is 0. The number of rotatable bonds is 10. The third-order valence-corrected chi connectivity index (χ3v) is 6.70. The quantitative estimate of drug-likeness (QED) is 0.453. The van der Waals surface area contributed by atoms with Gasteiger partial charge in [0.2, 0.25) is 19.5 Å². The van der Waals surface area contributed by atoms with Gasteiger partial charge >= 0.3 is 0 Å². The fourth-order valence-electron chi connectivity index (χ4n) is 1.88. The van der Waals surface area contributed by atoms with E-state index < -0.39 is 19.5 Å². The van der Waals surface area contributed by atoms with E-state index in [0.717, 1.165) is 31.4 Å². The average Bonchev–Trinajstić information content (AvgIpc) is 2.41. The SMILES string of the molecule is CCC(CC)C(=O)O[SiH2]C[SiH2]OC(=O)C(CC)CC. The molecule has 19 heavy (non-hydrogen) atoms. The Kier molecular flexibility index (Phi) is 10.9. The molecule has 0 aliphatic heterocycles. The molecule has 0 spiro atoms. The first-order valence-corrected chi connectivity index (χ1v) is 10.6. The van der Waals surface area contributed by atoms with Crippen LogP contribution in [0.15, 0.2) is 0 Å². The van der Waals surface area contributed by atoms with Gasteiger partial charge in [0.25, 0.3) is 11.9 Å². The Bertz CT molecular complexity index is 237. The van der Waals surface area contributed by atoms with Gasteiger partial charge in [0.05, 0.1) is 11.8 Å². The molecule has 0 heterocycles. The van der Waals surface area contributed by atoms with E-state index in [9.17, 15) is 9.59 Å². The van der Waals surface area contributed by atoms with Crippen LogP contribution in [0.3, 0.4) is 0 Å². The molecule has 0 saturated heterocycles. The second-order valence-electron chi connectivity index (χ2n) is 4.72. The molecule has 0 aliphatic rings. The minimum atomic E-state index is -0.843. The van der Waals surface area contributed by atoms with Crippen molar-refractivity contribution in [1.29, 1.82) is 0 Å². The van der Waals surface area contributed by atoms with E-state index in [1.165, 1.54) is 0 Å². The topological polar surface area (TPSA) is 52.6 Å². The van der Waals surface area contributed by atoms with Gasteiger partial charge in [0.1, 0.15) is 0 Å². The fraction of sp³-hybridized carbons (Fsp3) is 0.846. The molecule has 0 fully saturated rings. The van der Waals surface area contributed by atoms with Gasteiger partial charge in [-0.3, -0.25) is 9.59 Å². The first kappa shape index (κ1) is 18.4. The molecule has 0 radical (unpaired) electrons. The van der Waals surface area contributed by atoms with Crippen molar-refractivity contribution in [3.63, 3.8) is 0 Å². The molecule has 0 aromatic rings. The Hall–Kier alpha value is -0.626. The Morgan fingerprint density at radius 1 is 0.789 bits per heavy atom. The Labute approximate surface area is 121 Å². The normalized spacial score (nSPS) is 12.1. The van der Waals surface area contributed by atoms with E-state index in [2.05, 4.69) is 0 Å². The average molecular weight is 305 g/mol. The molecule has 0 aromatic carbocycles. The predicted octanol–water partition coefficient (Wildman–Crippen LogP) is 1.49. The van der Waals surface area contributed by atoms with Crippen molar-refractivity contribution < 1.29 is 18.4 Å². The van der Waals surface area contributed by atoms with Gasteiger partial charge < -0.3 is 8.85 Å². The first-order chi connectivity index (χ1) is 9.10. The molecule has 0 saturated carbocycles. The largest absolute Gasteiger partial charge is 0.525 e. The van der Waals surface area contributed by atoms with Gasteiger partial charge in [-0.1, -0.05) is 27.7 Å². The van der Waals surface area contributed by atoms with Crippen molar-refractivity contribution in [1.82, 2.24) is 0 Å². The summed E-state index contributed by atoms with van der Waals surface area (Å²) in [4.78, 5) is 23.2. The molecule has 0 unspecified atom stereocenters. The minimum absolute atomic E-state index is 0.0429. The van der Waals surface area contributed by atoms with Crippen LogP contribution in [0.4, 0.5) is 0 Å². The molecule has 0 aliphatic carbocycles. The third-order valence-electron chi connectivity index (χ3n) is 3.42. The van der Waals surface area contributed by atoms with Gasteiger partial charge in [-0.2, -0.15) is 0 Å². The zero-order valence-electron chi connectivity index (χ0n) is 12.7. The number of carbonyl (C=O) groups excluding carboxylic acids is 2. The molecule has 0 bridgehead atoms. The molecular formula is C13H28O4Si2. The van der Waals surface area contributed by atoms with E-state index in [1.54, 1.807) is 0 Å². The van der Waals surface area contributed by atoms with Crippen molar-refractivity contribution in [3.05, 3.63) is 0 Å². The predicted molar refractivity (Wildman–Crippen MR) is 82.2 cm³/mol. The maximum atomic E-state index is 11.6. The van der Waals surface area contributed by atoms with Crippen LogP contribution in [0.25, 0.3) is 0 Å². The van der Waals surface area contributed by atoms with Gasteiger partial charge in [0.15, 0.2) is 0 Å². The highest BCUT2D eigenvalue weighted by Crippen LogP contribution is 2.10. The van der Waals surface area contributed by atoms with Gasteiger partial charge in [-0.15, -0.1) is 0 Å². The maximum Gasteiger partial charge on any atom is 0.295 e. The summed E-state index contributed by atoms with van der Waals surface area (Å²) in [5.74, 6) is -0.0310. The zero-order valence-corrected chi connectivity index (χ0v) is 15.6. The van der Waals surface area contributed by atoms with Crippen LogP contribution in [-0.2, 0) is 18.4 Å². The molecule has 4 nitrogen and oxygen atoms in total. The second kappa shape index (κ2) is 11.2. The number of hydrogen-bond donors (Lipinski definition) is 0. The van der Waals surface area contributed by atoms with E-state index in [1.807, 2.05) is 27.7 Å². The van der Waals surface area contributed by atoms with E-state index in [-0.39, 0.29) is 23.8 Å². The van der Waals surface area contributed by atoms with Gasteiger partial charge in [-0.05, 0) is 31.4 Å². The summed E-state index contributed by atoms with van der Waals surface area (Å²) in [7, 11) is -1.69. The third kappa shape index (κ3) is 7.52. The molecule has 0 N–H and O–H groups in total. The number of carbonyl (C=O) groups is 2. The fourth-order valence-corrected chi connectivity index (χ4v) is 4.38. The van der Waals surface area contributed by atoms with Gasteiger partial charge in [-0.25, -0.2) is 0 Å². The minimum Gasteiger partial charge on any atom is -0.525 e. The van der Waals surface area contributed by atoms with Crippen molar-refractivity contribution in [2.24, 2.45) is 11.8 Å². The smallest absolute Gasteiger partial charge is 0.295 e. The molecule has 112 valence electrons. The van der Waals surface area contributed by atoms with E-state index in [4.69, 9.17) is 8.85 Å². The monoisotopic (exact) mass is 304 g/mol. The molecule has 0 amide bonds. The van der Waals surface area contributed by atoms with Crippen LogP contribution >= 0.6 is 0 Å². The Morgan fingerprint density at radius 3 is 1.37 bits per heavy atom. The van der Waals surface area contributed by atoms with E-state index in [0.29, 0.717) is 0 Å². The highest BCUT2D eigenvalue weighted by Gasteiger charge is 2.16. The van der Waals surface area contributed by atoms with Crippen molar-refractivity contribution >= 4 is 31.5 Å². The summed E-state index contributed by atoms with van der Waals surface area (Å²) in [5.41, 5.74) is 0.845. The molecule has 0 aromatic heterocycles. The van der Waals surface area contributed by atoms with Crippen molar-refractivity contribution in [2.75, 3.05) is 0 Å². The van der Waals surface area contributed by atoms with Crippen LogP contribution in [-0.4, -0.2) is 31.5 Å². The van der Waals surface area contributed by atoms with Crippen LogP contribution in [0.2, 0.25) is 5.67 Å². The lowest BCUT2D eigenvalue weighted by Crippen LogP contribution is -2.22. The maximum absolute atomic E-state index is 11.6. The summed E-state index contributed by atoms with van der Waals surface area (Å²) in [5, 5.41) is 0. The summed E-state index contributed by atoms with van der Waals surface area (Å²) >= 11 is 0. The molecule has 0 atom stereocenters. The van der Waals surface area contributed by atoms with Crippen LogP contribution in [0.5, 0.6) is 0 Å². The van der Waals surface area contributed by atoms with Crippen LogP contribution in [0, 0.1) is 11.8 Å². The Morgan fingerprint density at radius 2 is 1.11 bits per heavy atom. The van der Waals surface area contributed by atoms with Crippen LogP contribution < -0.4 is 0 Å². The highest BCUT2D eigenvalue weighted by atomic mass is 28.3. The lowest BCUT2D eigenvalue weighted by atomic mass is 10.0. The lowest BCUT2D eigenvalue weighted by Gasteiger charge is -2.13. The molecular weight excluding hydrogens is 276 g/mol. The Balaban J connectivity index is 3.70. The summed E-state index contributed by atoms with van der Waals surface area (Å²) < 4.78 is 10.6. The first-order valence-electron chi connectivity index (χ1n) is 7.43. The number of hydrogen-bond acceptors (Lipinski definition) is 4. The zero-order chi connectivity index (χ0) is 14.7. The van der Waals surface area contributed by atoms with Gasteiger partial charge in [0, 0.05) is 0 Å².